The summed E-state index contributed by atoms with van der Waals surface area (Å²) >= 11 is 5.89. The van der Waals surface area contributed by atoms with Gasteiger partial charge in [-0.15, -0.1) is 0 Å². The average molecular weight is 390 g/mol. The van der Waals surface area contributed by atoms with Crippen molar-refractivity contribution in [1.29, 1.82) is 0 Å². The van der Waals surface area contributed by atoms with E-state index in [1.54, 1.807) is 18.2 Å². The zero-order valence-corrected chi connectivity index (χ0v) is 15.5. The van der Waals surface area contributed by atoms with Crippen LogP contribution in [0.4, 0.5) is 10.5 Å². The molecular formula is C19H20ClN3O4. The number of hydrogen-bond acceptors (Lipinski definition) is 4. The molecule has 0 aliphatic carbocycles. The fourth-order valence-electron chi connectivity index (χ4n) is 2.09. The minimum absolute atomic E-state index is 0.107. The van der Waals surface area contributed by atoms with Crippen molar-refractivity contribution in [2.45, 2.75) is 13.5 Å². The summed E-state index contributed by atoms with van der Waals surface area (Å²) in [6.45, 7) is 1.41. The van der Waals surface area contributed by atoms with Crippen molar-refractivity contribution in [3.8, 4) is 0 Å². The van der Waals surface area contributed by atoms with Gasteiger partial charge in [-0.05, 0) is 30.2 Å². The van der Waals surface area contributed by atoms with Crippen LogP contribution in [-0.4, -0.2) is 31.0 Å². The first kappa shape index (κ1) is 20.3. The number of aryl methyl sites for hydroxylation is 1. The minimum atomic E-state index is -0.715. The lowest BCUT2D eigenvalue weighted by molar-refractivity contribution is -0.123. The fraction of sp³-hybridized carbons (Fsp3) is 0.211. The lowest BCUT2D eigenvalue weighted by atomic mass is 10.2. The number of carbonyl (C=O) groups excluding carboxylic acids is 3. The summed E-state index contributed by atoms with van der Waals surface area (Å²) in [6, 6.07) is 14.3. The zero-order chi connectivity index (χ0) is 19.6. The molecule has 3 amide bonds. The summed E-state index contributed by atoms with van der Waals surface area (Å²) in [5, 5.41) is 7.89. The van der Waals surface area contributed by atoms with E-state index in [2.05, 4.69) is 16.0 Å². The first-order valence-corrected chi connectivity index (χ1v) is 8.59. The van der Waals surface area contributed by atoms with E-state index in [4.69, 9.17) is 16.3 Å². The Morgan fingerprint density at radius 2 is 1.67 bits per heavy atom. The highest BCUT2D eigenvalue weighted by Gasteiger charge is 2.10. The van der Waals surface area contributed by atoms with Crippen molar-refractivity contribution in [1.82, 2.24) is 10.6 Å². The van der Waals surface area contributed by atoms with Crippen molar-refractivity contribution in [3.63, 3.8) is 0 Å². The van der Waals surface area contributed by atoms with Crippen LogP contribution in [0.5, 0.6) is 0 Å². The van der Waals surface area contributed by atoms with E-state index in [-0.39, 0.29) is 19.7 Å². The predicted molar refractivity (Wildman–Crippen MR) is 102 cm³/mol. The third kappa shape index (κ3) is 7.37. The van der Waals surface area contributed by atoms with Crippen LogP contribution in [0.2, 0.25) is 5.02 Å². The maximum absolute atomic E-state index is 11.9. The third-order valence-corrected chi connectivity index (χ3v) is 3.76. The number of amides is 3. The molecule has 0 radical (unpaired) electrons. The molecule has 27 heavy (non-hydrogen) atoms. The first-order chi connectivity index (χ1) is 12.9. The Labute approximate surface area is 162 Å². The number of ether oxygens (including phenoxy) is 1. The number of hydrogen-bond donors (Lipinski definition) is 3. The van der Waals surface area contributed by atoms with E-state index in [9.17, 15) is 14.4 Å². The molecule has 3 N–H and O–H groups in total. The summed E-state index contributed by atoms with van der Waals surface area (Å²) in [7, 11) is 0. The normalized spacial score (nSPS) is 10.0. The largest absolute Gasteiger partial charge is 0.445 e. The molecule has 0 aromatic heterocycles. The van der Waals surface area contributed by atoms with Gasteiger partial charge in [0.15, 0.2) is 0 Å². The summed E-state index contributed by atoms with van der Waals surface area (Å²) in [4.78, 5) is 35.2. The van der Waals surface area contributed by atoms with Crippen LogP contribution in [0.25, 0.3) is 0 Å². The zero-order valence-electron chi connectivity index (χ0n) is 14.8. The first-order valence-electron chi connectivity index (χ1n) is 8.21. The highest BCUT2D eigenvalue weighted by molar-refractivity contribution is 6.31. The lowest BCUT2D eigenvalue weighted by Crippen LogP contribution is -2.40. The second-order valence-corrected chi connectivity index (χ2v) is 6.14. The number of rotatable bonds is 7. The maximum Gasteiger partial charge on any atom is 0.407 e. The smallest absolute Gasteiger partial charge is 0.407 e. The molecule has 0 fully saturated rings. The Kier molecular flexibility index (Phi) is 7.63. The number of carbonyl (C=O) groups is 3. The van der Waals surface area contributed by atoms with Crippen LogP contribution in [0.3, 0.4) is 0 Å². The molecule has 0 saturated heterocycles. The van der Waals surface area contributed by atoms with Crippen LogP contribution in [-0.2, 0) is 20.9 Å². The Bertz CT molecular complexity index is 812. The number of benzene rings is 2. The standard InChI is InChI=1S/C19H20ClN3O4/c1-13-7-8-15(20)9-16(13)23-18(25)11-21-17(24)10-22-19(26)27-12-14-5-3-2-4-6-14/h2-9H,10-12H2,1H3,(H,21,24)(H,22,26)(H,23,25). The van der Waals surface area contributed by atoms with Crippen LogP contribution in [0.15, 0.2) is 48.5 Å². The van der Waals surface area contributed by atoms with Crippen molar-refractivity contribution in [2.24, 2.45) is 0 Å². The van der Waals surface area contributed by atoms with E-state index in [0.29, 0.717) is 10.7 Å². The molecule has 7 nitrogen and oxygen atoms in total. The summed E-state index contributed by atoms with van der Waals surface area (Å²) < 4.78 is 4.99. The molecule has 2 rings (SSSR count). The predicted octanol–water partition coefficient (Wildman–Crippen LogP) is 2.63. The maximum atomic E-state index is 11.9. The Hall–Kier alpha value is -3.06. The van der Waals surface area contributed by atoms with Crippen LogP contribution < -0.4 is 16.0 Å². The van der Waals surface area contributed by atoms with E-state index in [1.165, 1.54) is 0 Å². The van der Waals surface area contributed by atoms with E-state index in [0.717, 1.165) is 11.1 Å². The molecule has 8 heteroatoms. The van der Waals surface area contributed by atoms with Crippen molar-refractivity contribution < 1.29 is 19.1 Å². The van der Waals surface area contributed by atoms with Gasteiger partial charge in [0, 0.05) is 10.7 Å². The minimum Gasteiger partial charge on any atom is -0.445 e. The van der Waals surface area contributed by atoms with E-state index >= 15 is 0 Å². The lowest BCUT2D eigenvalue weighted by Gasteiger charge is -2.10. The topological polar surface area (TPSA) is 96.5 Å². The number of alkyl carbamates (subject to hydrolysis) is 1. The highest BCUT2D eigenvalue weighted by Crippen LogP contribution is 2.19. The second kappa shape index (κ2) is 10.2. The van der Waals surface area contributed by atoms with Gasteiger partial charge < -0.3 is 20.7 Å². The summed E-state index contributed by atoms with van der Waals surface area (Å²) in [5.41, 5.74) is 2.26. The fourth-order valence-corrected chi connectivity index (χ4v) is 2.26. The van der Waals surface area contributed by atoms with Crippen LogP contribution in [0, 0.1) is 6.92 Å². The van der Waals surface area contributed by atoms with Gasteiger partial charge in [0.25, 0.3) is 0 Å². The molecule has 142 valence electrons. The molecular weight excluding hydrogens is 370 g/mol. The second-order valence-electron chi connectivity index (χ2n) is 5.70. The Balaban J connectivity index is 1.65. The van der Waals surface area contributed by atoms with Gasteiger partial charge in [-0.1, -0.05) is 48.0 Å². The highest BCUT2D eigenvalue weighted by atomic mass is 35.5. The van der Waals surface area contributed by atoms with Gasteiger partial charge >= 0.3 is 6.09 Å². The van der Waals surface area contributed by atoms with Gasteiger partial charge in [-0.2, -0.15) is 0 Å². The monoisotopic (exact) mass is 389 g/mol. The molecule has 2 aromatic rings. The molecule has 0 spiro atoms. The molecule has 0 atom stereocenters. The molecule has 0 heterocycles. The quantitative estimate of drug-likeness (QED) is 0.678. The van der Waals surface area contributed by atoms with Gasteiger partial charge in [0.2, 0.25) is 11.8 Å². The molecule has 0 aliphatic rings. The van der Waals surface area contributed by atoms with Crippen LogP contribution in [0.1, 0.15) is 11.1 Å². The van der Waals surface area contributed by atoms with Crippen molar-refractivity contribution in [3.05, 3.63) is 64.7 Å². The van der Waals surface area contributed by atoms with Gasteiger partial charge in [0.1, 0.15) is 13.2 Å². The number of halogens is 1. The van der Waals surface area contributed by atoms with Gasteiger partial charge in [0.05, 0.1) is 6.54 Å². The number of nitrogens with one attached hydrogen (secondary N) is 3. The van der Waals surface area contributed by atoms with Gasteiger partial charge in [-0.25, -0.2) is 4.79 Å². The number of anilines is 1. The Morgan fingerprint density at radius 3 is 2.41 bits per heavy atom. The van der Waals surface area contributed by atoms with Gasteiger partial charge in [-0.3, -0.25) is 9.59 Å². The summed E-state index contributed by atoms with van der Waals surface area (Å²) in [6.07, 6.45) is -0.715. The molecule has 0 bridgehead atoms. The van der Waals surface area contributed by atoms with E-state index in [1.807, 2.05) is 37.3 Å². The summed E-state index contributed by atoms with van der Waals surface area (Å²) in [5.74, 6) is -0.912. The SMILES string of the molecule is Cc1ccc(Cl)cc1NC(=O)CNC(=O)CNC(=O)OCc1ccccc1. The Morgan fingerprint density at radius 1 is 0.963 bits per heavy atom. The molecule has 0 aliphatic heterocycles. The van der Waals surface area contributed by atoms with Crippen molar-refractivity contribution in [2.75, 3.05) is 18.4 Å². The molecule has 0 saturated carbocycles. The van der Waals surface area contributed by atoms with E-state index < -0.39 is 17.9 Å². The van der Waals surface area contributed by atoms with Crippen LogP contribution >= 0.6 is 11.6 Å². The molecule has 2 aromatic carbocycles. The molecule has 0 unspecified atom stereocenters. The average Bonchev–Trinajstić information content (AvgIpc) is 2.66. The van der Waals surface area contributed by atoms with Crippen molar-refractivity contribution >= 4 is 35.2 Å². The third-order valence-electron chi connectivity index (χ3n) is 3.53.